The van der Waals surface area contributed by atoms with E-state index in [-0.39, 0.29) is 18.1 Å². The molecular formula is C12H18NO4P. The minimum absolute atomic E-state index is 0.0139. The summed E-state index contributed by atoms with van der Waals surface area (Å²) in [6.07, 6.45) is 0.746. The van der Waals surface area contributed by atoms with Crippen LogP contribution in [0.1, 0.15) is 19.4 Å². The Hall–Kier alpha value is -0.870. The molecule has 2 rings (SSSR count). The fourth-order valence-electron chi connectivity index (χ4n) is 2.24. The van der Waals surface area contributed by atoms with E-state index >= 15 is 0 Å². The first-order chi connectivity index (χ1) is 8.28. The zero-order chi connectivity index (χ0) is 13.4. The summed E-state index contributed by atoms with van der Waals surface area (Å²) in [5.41, 5.74) is 1.97. The maximum Gasteiger partial charge on any atom is 0.469 e. The van der Waals surface area contributed by atoms with Gasteiger partial charge in [0.2, 0.25) is 0 Å². The summed E-state index contributed by atoms with van der Waals surface area (Å²) in [4.78, 5) is 17.6. The summed E-state index contributed by atoms with van der Waals surface area (Å²) in [6, 6.07) is 7.95. The van der Waals surface area contributed by atoms with Crippen molar-refractivity contribution >= 4 is 13.5 Å². The lowest BCUT2D eigenvalue weighted by molar-refractivity contribution is 0.141. The number of hydrogen-bond donors (Lipinski definition) is 3. The molecule has 0 bridgehead atoms. The maximum absolute atomic E-state index is 10.8. The van der Waals surface area contributed by atoms with Gasteiger partial charge in [-0.25, -0.2) is 4.57 Å². The molecule has 1 aromatic rings. The number of phosphoric ester groups is 1. The van der Waals surface area contributed by atoms with E-state index < -0.39 is 7.82 Å². The highest BCUT2D eigenvalue weighted by atomic mass is 31.2. The molecule has 0 fully saturated rings. The zero-order valence-corrected chi connectivity index (χ0v) is 11.4. The molecule has 1 unspecified atom stereocenters. The van der Waals surface area contributed by atoms with Gasteiger partial charge in [0.25, 0.3) is 0 Å². The van der Waals surface area contributed by atoms with Crippen LogP contribution in [0.4, 0.5) is 5.69 Å². The van der Waals surface area contributed by atoms with Gasteiger partial charge in [-0.1, -0.05) is 18.2 Å². The van der Waals surface area contributed by atoms with E-state index in [9.17, 15) is 4.57 Å². The van der Waals surface area contributed by atoms with Crippen molar-refractivity contribution in [2.75, 3.05) is 11.9 Å². The van der Waals surface area contributed by atoms with Crippen LogP contribution in [0.15, 0.2) is 24.3 Å². The standard InChI is InChI=1S/C12H18NO4P/c1-12(2)10(8-17-18(14,15)16)7-9-5-3-4-6-11(9)13-12/h3-6,10,13H,7-8H2,1-2H3,(H2,14,15,16). The van der Waals surface area contributed by atoms with Gasteiger partial charge in [0.05, 0.1) is 6.61 Å². The Morgan fingerprint density at radius 3 is 2.78 bits per heavy atom. The molecule has 0 aromatic heterocycles. The molecular weight excluding hydrogens is 253 g/mol. The molecule has 1 aliphatic rings. The third-order valence-corrected chi connectivity index (χ3v) is 3.89. The van der Waals surface area contributed by atoms with Gasteiger partial charge in [-0.3, -0.25) is 4.52 Å². The first-order valence-electron chi connectivity index (χ1n) is 5.84. The number of fused-ring (bicyclic) bond motifs is 1. The van der Waals surface area contributed by atoms with Crippen molar-refractivity contribution in [3.63, 3.8) is 0 Å². The summed E-state index contributed by atoms with van der Waals surface area (Å²) >= 11 is 0. The molecule has 3 N–H and O–H groups in total. The predicted octanol–water partition coefficient (Wildman–Crippen LogP) is 2.16. The highest BCUT2D eigenvalue weighted by molar-refractivity contribution is 7.46. The molecule has 5 nitrogen and oxygen atoms in total. The molecule has 1 aromatic carbocycles. The van der Waals surface area contributed by atoms with Crippen molar-refractivity contribution in [1.82, 2.24) is 0 Å². The van der Waals surface area contributed by atoms with E-state index in [4.69, 9.17) is 9.79 Å². The summed E-state index contributed by atoms with van der Waals surface area (Å²) in [6.45, 7) is 4.06. The highest BCUT2D eigenvalue weighted by Gasteiger charge is 2.35. The SMILES string of the molecule is CC1(C)Nc2ccccc2CC1COP(=O)(O)O. The molecule has 100 valence electrons. The topological polar surface area (TPSA) is 78.8 Å². The number of phosphoric acid groups is 1. The highest BCUT2D eigenvalue weighted by Crippen LogP contribution is 2.40. The van der Waals surface area contributed by atoms with Gasteiger partial charge in [0.15, 0.2) is 0 Å². The lowest BCUT2D eigenvalue weighted by Gasteiger charge is -2.41. The molecule has 6 heteroatoms. The first kappa shape index (κ1) is 13.6. The summed E-state index contributed by atoms with van der Waals surface area (Å²) < 4.78 is 15.4. The average molecular weight is 271 g/mol. The van der Waals surface area contributed by atoms with Crippen molar-refractivity contribution < 1.29 is 18.9 Å². The lowest BCUT2D eigenvalue weighted by atomic mass is 9.79. The molecule has 1 aliphatic heterocycles. The van der Waals surface area contributed by atoms with Crippen LogP contribution in [0.25, 0.3) is 0 Å². The lowest BCUT2D eigenvalue weighted by Crippen LogP contribution is -2.46. The van der Waals surface area contributed by atoms with E-state index in [1.54, 1.807) is 0 Å². The van der Waals surface area contributed by atoms with Gasteiger partial charge in [-0.2, -0.15) is 0 Å². The number of para-hydroxylation sites is 1. The molecule has 1 heterocycles. The average Bonchev–Trinajstić information content (AvgIpc) is 2.24. The summed E-state index contributed by atoms with van der Waals surface area (Å²) in [5, 5.41) is 3.39. The van der Waals surface area contributed by atoms with Gasteiger partial charge < -0.3 is 15.1 Å². The molecule has 1 atom stereocenters. The third-order valence-electron chi connectivity index (χ3n) is 3.41. The van der Waals surface area contributed by atoms with Gasteiger partial charge >= 0.3 is 7.82 Å². The molecule has 0 aliphatic carbocycles. The Morgan fingerprint density at radius 1 is 1.44 bits per heavy atom. The Bertz CT molecular complexity index is 483. The second-order valence-electron chi connectivity index (χ2n) is 5.19. The van der Waals surface area contributed by atoms with Crippen LogP contribution in [0.5, 0.6) is 0 Å². The third kappa shape index (κ3) is 3.12. The van der Waals surface area contributed by atoms with Crippen molar-refractivity contribution in [2.24, 2.45) is 5.92 Å². The Kier molecular flexibility index (Phi) is 3.52. The van der Waals surface area contributed by atoms with Crippen LogP contribution in [0.3, 0.4) is 0 Å². The molecule has 0 spiro atoms. The second kappa shape index (κ2) is 4.67. The van der Waals surface area contributed by atoms with E-state index in [0.29, 0.717) is 0 Å². The van der Waals surface area contributed by atoms with Crippen LogP contribution in [0, 0.1) is 5.92 Å². The Labute approximate surface area is 106 Å². The van der Waals surface area contributed by atoms with Gasteiger partial charge in [0.1, 0.15) is 0 Å². The van der Waals surface area contributed by atoms with Crippen molar-refractivity contribution in [3.05, 3.63) is 29.8 Å². The van der Waals surface area contributed by atoms with Crippen LogP contribution in [0.2, 0.25) is 0 Å². The Balaban J connectivity index is 2.15. The molecule has 0 saturated heterocycles. The predicted molar refractivity (Wildman–Crippen MR) is 69.3 cm³/mol. The van der Waals surface area contributed by atoms with E-state index in [1.165, 1.54) is 0 Å². The van der Waals surface area contributed by atoms with Crippen LogP contribution in [-0.2, 0) is 15.5 Å². The number of benzene rings is 1. The maximum atomic E-state index is 10.8. The van der Waals surface area contributed by atoms with E-state index in [0.717, 1.165) is 17.7 Å². The van der Waals surface area contributed by atoms with Gasteiger partial charge in [0, 0.05) is 17.1 Å². The van der Waals surface area contributed by atoms with Crippen LogP contribution >= 0.6 is 7.82 Å². The van der Waals surface area contributed by atoms with Crippen LogP contribution < -0.4 is 5.32 Å². The fourth-order valence-corrected chi connectivity index (χ4v) is 2.62. The fraction of sp³-hybridized carbons (Fsp3) is 0.500. The second-order valence-corrected chi connectivity index (χ2v) is 6.43. The van der Waals surface area contributed by atoms with E-state index in [1.807, 2.05) is 38.1 Å². The quantitative estimate of drug-likeness (QED) is 0.734. The largest absolute Gasteiger partial charge is 0.469 e. The minimum atomic E-state index is -4.40. The van der Waals surface area contributed by atoms with E-state index in [2.05, 4.69) is 9.84 Å². The Morgan fingerprint density at radius 2 is 2.11 bits per heavy atom. The monoisotopic (exact) mass is 271 g/mol. The van der Waals surface area contributed by atoms with Crippen molar-refractivity contribution in [2.45, 2.75) is 25.8 Å². The zero-order valence-electron chi connectivity index (χ0n) is 10.5. The summed E-state index contributed by atoms with van der Waals surface area (Å²) in [7, 11) is -4.40. The number of nitrogens with one attached hydrogen (secondary N) is 1. The van der Waals surface area contributed by atoms with Crippen molar-refractivity contribution in [1.29, 1.82) is 0 Å². The first-order valence-corrected chi connectivity index (χ1v) is 7.37. The molecule has 18 heavy (non-hydrogen) atoms. The number of anilines is 1. The van der Waals surface area contributed by atoms with Crippen molar-refractivity contribution in [3.8, 4) is 0 Å². The molecule has 0 saturated carbocycles. The normalized spacial score (nSPS) is 22.1. The molecule has 0 amide bonds. The van der Waals surface area contributed by atoms with Gasteiger partial charge in [-0.05, 0) is 31.9 Å². The smallest absolute Gasteiger partial charge is 0.380 e. The number of hydrogen-bond acceptors (Lipinski definition) is 3. The summed E-state index contributed by atoms with van der Waals surface area (Å²) in [5.74, 6) is 0.0139. The van der Waals surface area contributed by atoms with Gasteiger partial charge in [-0.15, -0.1) is 0 Å². The number of rotatable bonds is 3. The van der Waals surface area contributed by atoms with Crippen LogP contribution in [-0.4, -0.2) is 21.9 Å². The minimum Gasteiger partial charge on any atom is -0.380 e. The molecule has 0 radical (unpaired) electrons.